The number of aromatic nitrogens is 2. The molecule has 19 heavy (non-hydrogen) atoms. The molecule has 7 heteroatoms. The average Bonchev–Trinajstić information content (AvgIpc) is 3.01. The van der Waals surface area contributed by atoms with E-state index in [4.69, 9.17) is 4.74 Å². The van der Waals surface area contributed by atoms with Crippen molar-refractivity contribution >= 4 is 5.91 Å². The lowest BCUT2D eigenvalue weighted by Crippen LogP contribution is -2.43. The molecule has 0 aliphatic carbocycles. The number of carbonyl (C=O) groups excluding carboxylic acids is 1. The molecule has 1 fully saturated rings. The van der Waals surface area contributed by atoms with Crippen LogP contribution in [-0.4, -0.2) is 70.9 Å². The van der Waals surface area contributed by atoms with E-state index in [-0.39, 0.29) is 11.9 Å². The molecule has 1 aromatic rings. The van der Waals surface area contributed by atoms with E-state index in [9.17, 15) is 9.90 Å². The number of imidazole rings is 1. The zero-order valence-corrected chi connectivity index (χ0v) is 11.0. The van der Waals surface area contributed by atoms with Gasteiger partial charge in [-0.2, -0.15) is 0 Å². The number of aliphatic hydroxyl groups excluding tert-OH is 1. The second kappa shape index (κ2) is 6.65. The van der Waals surface area contributed by atoms with Crippen molar-refractivity contribution in [3.63, 3.8) is 0 Å². The van der Waals surface area contributed by atoms with Gasteiger partial charge in [0.1, 0.15) is 5.69 Å². The predicted octanol–water partition coefficient (Wildman–Crippen LogP) is -0.779. The highest BCUT2D eigenvalue weighted by Crippen LogP contribution is 2.10. The molecule has 2 heterocycles. The van der Waals surface area contributed by atoms with Crippen LogP contribution in [-0.2, 0) is 4.74 Å². The fraction of sp³-hybridized carbons (Fsp3) is 0.667. The first-order valence-corrected chi connectivity index (χ1v) is 6.48. The summed E-state index contributed by atoms with van der Waals surface area (Å²) in [5.41, 5.74) is 0.403. The van der Waals surface area contributed by atoms with Gasteiger partial charge < -0.3 is 20.1 Å². The maximum Gasteiger partial charge on any atom is 0.269 e. The molecule has 1 aromatic heterocycles. The van der Waals surface area contributed by atoms with Crippen LogP contribution < -0.4 is 5.32 Å². The van der Waals surface area contributed by atoms with E-state index >= 15 is 0 Å². The second-order valence-electron chi connectivity index (χ2n) is 4.57. The molecule has 1 aliphatic heterocycles. The minimum atomic E-state index is -0.548. The zero-order chi connectivity index (χ0) is 13.7. The second-order valence-corrected chi connectivity index (χ2v) is 4.57. The lowest BCUT2D eigenvalue weighted by atomic mass is 10.2. The number of hydrogen-bond donors (Lipinski definition) is 3. The lowest BCUT2D eigenvalue weighted by Gasteiger charge is -2.16. The van der Waals surface area contributed by atoms with Crippen LogP contribution in [0.15, 0.2) is 12.5 Å². The first-order chi connectivity index (χ1) is 9.20. The topological polar surface area (TPSA) is 90.5 Å². The Kier molecular flexibility index (Phi) is 4.89. The van der Waals surface area contributed by atoms with Gasteiger partial charge in [-0.05, 0) is 6.92 Å². The zero-order valence-electron chi connectivity index (χ0n) is 11.0. The molecule has 0 saturated carbocycles. The normalized spacial score (nSPS) is 23.7. The van der Waals surface area contributed by atoms with Crippen molar-refractivity contribution in [1.82, 2.24) is 20.2 Å². The molecule has 1 aliphatic rings. The van der Waals surface area contributed by atoms with Crippen molar-refractivity contribution in [3.05, 3.63) is 18.2 Å². The number of nitrogens with zero attached hydrogens (tertiary/aromatic N) is 2. The van der Waals surface area contributed by atoms with Crippen LogP contribution in [0.4, 0.5) is 0 Å². The summed E-state index contributed by atoms with van der Waals surface area (Å²) >= 11 is 0. The number of carbonyl (C=O) groups is 1. The molecule has 2 atom stereocenters. The first kappa shape index (κ1) is 14.0. The number of H-pyrrole nitrogens is 1. The number of likely N-dealkylation sites (tertiary alicyclic amines) is 1. The molecular formula is C12H20N4O3. The summed E-state index contributed by atoms with van der Waals surface area (Å²) < 4.78 is 5.28. The van der Waals surface area contributed by atoms with E-state index in [1.54, 1.807) is 0 Å². The summed E-state index contributed by atoms with van der Waals surface area (Å²) in [5, 5.41) is 12.7. The Hall–Kier alpha value is -1.44. The lowest BCUT2D eigenvalue weighted by molar-refractivity contribution is 0.0883. The number of β-amino-alcohol motifs (C(OH)–C–C–N with tert-alkyl or cyclic N) is 1. The van der Waals surface area contributed by atoms with Crippen LogP contribution in [0.25, 0.3) is 0 Å². The van der Waals surface area contributed by atoms with E-state index in [1.165, 1.54) is 12.5 Å². The van der Waals surface area contributed by atoms with Crippen molar-refractivity contribution < 1.29 is 14.6 Å². The van der Waals surface area contributed by atoms with Gasteiger partial charge in [0.2, 0.25) is 0 Å². The summed E-state index contributed by atoms with van der Waals surface area (Å²) in [6.45, 7) is 5.24. The number of amides is 1. The monoisotopic (exact) mass is 268 g/mol. The summed E-state index contributed by atoms with van der Waals surface area (Å²) in [5.74, 6) is -0.242. The molecule has 0 unspecified atom stereocenters. The molecule has 2 rings (SSSR count). The Bertz CT molecular complexity index is 396. The number of aliphatic hydroxyl groups is 1. The van der Waals surface area contributed by atoms with Gasteiger partial charge in [-0.15, -0.1) is 0 Å². The van der Waals surface area contributed by atoms with Crippen molar-refractivity contribution in [2.45, 2.75) is 19.1 Å². The standard InChI is InChI=1S/C12H20N4O3/c1-2-19-4-3-16-6-10(11(17)7-16)15-12(18)9-5-13-8-14-9/h5,8,10-11,17H,2-4,6-7H2,1H3,(H,13,14)(H,15,18)/t10-,11-/m1/s1. The van der Waals surface area contributed by atoms with Crippen molar-refractivity contribution in [2.75, 3.05) is 32.8 Å². The van der Waals surface area contributed by atoms with E-state index in [1.807, 2.05) is 6.92 Å². The fourth-order valence-electron chi connectivity index (χ4n) is 2.15. The van der Waals surface area contributed by atoms with Crippen LogP contribution in [0.5, 0.6) is 0 Å². The molecule has 3 N–H and O–H groups in total. The van der Waals surface area contributed by atoms with Gasteiger partial charge in [0, 0.05) is 26.2 Å². The highest BCUT2D eigenvalue weighted by atomic mass is 16.5. The number of rotatable bonds is 6. The SMILES string of the molecule is CCOCCN1C[C@@H](O)[C@H](NC(=O)c2cnc[nH]2)C1. The Labute approximate surface area is 112 Å². The Morgan fingerprint density at radius 1 is 1.68 bits per heavy atom. The van der Waals surface area contributed by atoms with Crippen molar-refractivity contribution in [3.8, 4) is 0 Å². The minimum absolute atomic E-state index is 0.242. The van der Waals surface area contributed by atoms with Crippen LogP contribution in [0, 0.1) is 0 Å². The van der Waals surface area contributed by atoms with Crippen molar-refractivity contribution in [2.24, 2.45) is 0 Å². The number of aromatic amines is 1. The van der Waals surface area contributed by atoms with E-state index in [2.05, 4.69) is 20.2 Å². The number of ether oxygens (including phenoxy) is 1. The summed E-state index contributed by atoms with van der Waals surface area (Å²) in [4.78, 5) is 20.5. The molecule has 1 amide bonds. The minimum Gasteiger partial charge on any atom is -0.390 e. The third-order valence-electron chi connectivity index (χ3n) is 3.18. The predicted molar refractivity (Wildman–Crippen MR) is 68.8 cm³/mol. The summed E-state index contributed by atoms with van der Waals surface area (Å²) in [7, 11) is 0. The summed E-state index contributed by atoms with van der Waals surface area (Å²) in [6, 6.07) is -0.252. The smallest absolute Gasteiger partial charge is 0.269 e. The fourth-order valence-corrected chi connectivity index (χ4v) is 2.15. The third-order valence-corrected chi connectivity index (χ3v) is 3.18. The maximum absolute atomic E-state index is 11.8. The van der Waals surface area contributed by atoms with Gasteiger partial charge in [-0.3, -0.25) is 9.69 Å². The van der Waals surface area contributed by atoms with E-state index < -0.39 is 6.10 Å². The number of hydrogen-bond acceptors (Lipinski definition) is 5. The third kappa shape index (κ3) is 3.76. The Morgan fingerprint density at radius 3 is 3.21 bits per heavy atom. The Balaban J connectivity index is 1.79. The molecule has 0 aromatic carbocycles. The van der Waals surface area contributed by atoms with Gasteiger partial charge in [-0.1, -0.05) is 0 Å². The molecule has 0 radical (unpaired) electrons. The molecule has 0 bridgehead atoms. The Morgan fingerprint density at radius 2 is 2.53 bits per heavy atom. The highest BCUT2D eigenvalue weighted by Gasteiger charge is 2.32. The van der Waals surface area contributed by atoms with Crippen LogP contribution in [0.1, 0.15) is 17.4 Å². The van der Waals surface area contributed by atoms with Crippen LogP contribution >= 0.6 is 0 Å². The van der Waals surface area contributed by atoms with Gasteiger partial charge in [-0.25, -0.2) is 4.98 Å². The molecule has 106 valence electrons. The average molecular weight is 268 g/mol. The molecule has 1 saturated heterocycles. The maximum atomic E-state index is 11.8. The van der Waals surface area contributed by atoms with Gasteiger partial charge in [0.05, 0.1) is 31.3 Å². The number of nitrogens with one attached hydrogen (secondary N) is 2. The van der Waals surface area contributed by atoms with E-state index in [0.29, 0.717) is 32.0 Å². The van der Waals surface area contributed by atoms with Gasteiger partial charge >= 0.3 is 0 Å². The van der Waals surface area contributed by atoms with Crippen LogP contribution in [0.2, 0.25) is 0 Å². The van der Waals surface area contributed by atoms with E-state index in [0.717, 1.165) is 6.54 Å². The first-order valence-electron chi connectivity index (χ1n) is 6.48. The van der Waals surface area contributed by atoms with Gasteiger partial charge in [0.25, 0.3) is 5.91 Å². The highest BCUT2D eigenvalue weighted by molar-refractivity contribution is 5.92. The molecular weight excluding hydrogens is 248 g/mol. The summed E-state index contributed by atoms with van der Waals surface area (Å²) in [6.07, 6.45) is 2.37. The van der Waals surface area contributed by atoms with Crippen molar-refractivity contribution in [1.29, 1.82) is 0 Å². The molecule has 7 nitrogen and oxygen atoms in total. The quantitative estimate of drug-likeness (QED) is 0.589. The van der Waals surface area contributed by atoms with Crippen LogP contribution in [0.3, 0.4) is 0 Å². The largest absolute Gasteiger partial charge is 0.390 e. The molecule has 0 spiro atoms. The van der Waals surface area contributed by atoms with Gasteiger partial charge in [0.15, 0.2) is 0 Å².